The fourth-order valence-electron chi connectivity index (χ4n) is 0.766. The summed E-state index contributed by atoms with van der Waals surface area (Å²) in [7, 11) is 0. The van der Waals surface area contributed by atoms with Gasteiger partial charge >= 0.3 is 5.97 Å². The standard InChI is InChI=1S/C7H8ClNO3/c8-6-2-1-4(12-6)3-5(9)7(10)11/h1-2,5H,3,9H2,(H,10,11). The van der Waals surface area contributed by atoms with E-state index < -0.39 is 12.0 Å². The highest BCUT2D eigenvalue weighted by molar-refractivity contribution is 6.28. The van der Waals surface area contributed by atoms with Gasteiger partial charge in [-0.15, -0.1) is 0 Å². The minimum Gasteiger partial charge on any atom is -0.480 e. The number of furan rings is 1. The molecule has 0 aliphatic carbocycles. The Balaban J connectivity index is 2.58. The van der Waals surface area contributed by atoms with Gasteiger partial charge < -0.3 is 15.3 Å². The van der Waals surface area contributed by atoms with Crippen LogP contribution in [0.5, 0.6) is 0 Å². The van der Waals surface area contributed by atoms with Crippen LogP contribution in [0.15, 0.2) is 16.5 Å². The van der Waals surface area contributed by atoms with Gasteiger partial charge in [0, 0.05) is 6.42 Å². The van der Waals surface area contributed by atoms with Crippen LogP contribution in [0.4, 0.5) is 0 Å². The van der Waals surface area contributed by atoms with E-state index in [1.54, 1.807) is 12.1 Å². The fraction of sp³-hybridized carbons (Fsp3) is 0.286. The van der Waals surface area contributed by atoms with E-state index >= 15 is 0 Å². The van der Waals surface area contributed by atoms with Crippen LogP contribution in [0.2, 0.25) is 5.22 Å². The Morgan fingerprint density at radius 2 is 2.42 bits per heavy atom. The van der Waals surface area contributed by atoms with Crippen molar-refractivity contribution in [1.29, 1.82) is 0 Å². The van der Waals surface area contributed by atoms with E-state index in [1.807, 2.05) is 0 Å². The van der Waals surface area contributed by atoms with Crippen LogP contribution in [0.3, 0.4) is 0 Å². The SMILES string of the molecule is NC(Cc1ccc(Cl)o1)C(=O)O. The Bertz CT molecular complexity index is 284. The zero-order valence-electron chi connectivity index (χ0n) is 6.16. The monoisotopic (exact) mass is 189 g/mol. The Morgan fingerprint density at radius 1 is 1.75 bits per heavy atom. The summed E-state index contributed by atoms with van der Waals surface area (Å²) in [6.45, 7) is 0. The average molecular weight is 190 g/mol. The van der Waals surface area contributed by atoms with Crippen LogP contribution in [0.1, 0.15) is 5.76 Å². The van der Waals surface area contributed by atoms with Gasteiger partial charge in [0.1, 0.15) is 11.8 Å². The average Bonchev–Trinajstić information content (AvgIpc) is 2.35. The van der Waals surface area contributed by atoms with Gasteiger partial charge in [0.15, 0.2) is 5.22 Å². The van der Waals surface area contributed by atoms with Gasteiger partial charge in [-0.2, -0.15) is 0 Å². The second kappa shape index (κ2) is 3.60. The molecule has 0 radical (unpaired) electrons. The lowest BCUT2D eigenvalue weighted by molar-refractivity contribution is -0.138. The first-order valence-corrected chi connectivity index (χ1v) is 3.70. The molecule has 0 aromatic carbocycles. The lowest BCUT2D eigenvalue weighted by atomic mass is 10.2. The van der Waals surface area contributed by atoms with E-state index in [1.165, 1.54) is 0 Å². The highest BCUT2D eigenvalue weighted by Crippen LogP contribution is 2.14. The molecule has 5 heteroatoms. The highest BCUT2D eigenvalue weighted by Gasteiger charge is 2.13. The predicted octanol–water partition coefficient (Wildman–Crippen LogP) is 0.887. The third kappa shape index (κ3) is 2.25. The molecule has 0 spiro atoms. The molecule has 1 aromatic heterocycles. The zero-order chi connectivity index (χ0) is 9.14. The minimum absolute atomic E-state index is 0.155. The topological polar surface area (TPSA) is 76.5 Å². The molecule has 0 saturated heterocycles. The molecule has 12 heavy (non-hydrogen) atoms. The Kier molecular flexibility index (Phi) is 2.73. The van der Waals surface area contributed by atoms with Gasteiger partial charge in [-0.3, -0.25) is 4.79 Å². The molecule has 0 fully saturated rings. The summed E-state index contributed by atoms with van der Waals surface area (Å²) in [4.78, 5) is 10.3. The molecule has 1 atom stereocenters. The third-order valence-corrected chi connectivity index (χ3v) is 1.57. The Morgan fingerprint density at radius 3 is 2.83 bits per heavy atom. The van der Waals surface area contributed by atoms with Gasteiger partial charge in [0.25, 0.3) is 0 Å². The molecule has 1 rings (SSSR count). The third-order valence-electron chi connectivity index (χ3n) is 1.37. The number of aliphatic carboxylic acids is 1. The summed E-state index contributed by atoms with van der Waals surface area (Å²) in [6, 6.07) is 2.21. The number of carbonyl (C=O) groups is 1. The van der Waals surface area contributed by atoms with Crippen molar-refractivity contribution in [3.63, 3.8) is 0 Å². The van der Waals surface area contributed by atoms with Crippen molar-refractivity contribution in [2.75, 3.05) is 0 Å². The summed E-state index contributed by atoms with van der Waals surface area (Å²) >= 11 is 5.47. The number of rotatable bonds is 3. The molecule has 4 nitrogen and oxygen atoms in total. The molecule has 3 N–H and O–H groups in total. The van der Waals surface area contributed by atoms with E-state index in [2.05, 4.69) is 0 Å². The maximum Gasteiger partial charge on any atom is 0.320 e. The van der Waals surface area contributed by atoms with Gasteiger partial charge in [0.05, 0.1) is 0 Å². The lowest BCUT2D eigenvalue weighted by Gasteiger charge is -2.01. The number of carboxylic acids is 1. The molecule has 0 aliphatic rings. The summed E-state index contributed by atoms with van der Waals surface area (Å²) in [6.07, 6.45) is 0.155. The summed E-state index contributed by atoms with van der Waals surface area (Å²) in [5.74, 6) is -0.572. The molecular weight excluding hydrogens is 182 g/mol. The summed E-state index contributed by atoms with van der Waals surface area (Å²) in [5.41, 5.74) is 5.26. The normalized spacial score (nSPS) is 12.8. The van der Waals surface area contributed by atoms with Crippen molar-refractivity contribution in [1.82, 2.24) is 0 Å². The van der Waals surface area contributed by atoms with Crippen LogP contribution in [0.25, 0.3) is 0 Å². The van der Waals surface area contributed by atoms with E-state index in [-0.39, 0.29) is 11.6 Å². The van der Waals surface area contributed by atoms with Crippen LogP contribution in [-0.2, 0) is 11.2 Å². The lowest BCUT2D eigenvalue weighted by Crippen LogP contribution is -2.32. The molecule has 0 amide bonds. The summed E-state index contributed by atoms with van der Waals surface area (Å²) < 4.78 is 4.93. The van der Waals surface area contributed by atoms with Crippen molar-refractivity contribution < 1.29 is 14.3 Å². The quantitative estimate of drug-likeness (QED) is 0.740. The zero-order valence-corrected chi connectivity index (χ0v) is 6.91. The minimum atomic E-state index is -1.05. The molecule has 1 unspecified atom stereocenters. The molecule has 1 aromatic rings. The molecule has 1 heterocycles. The highest BCUT2D eigenvalue weighted by atomic mass is 35.5. The van der Waals surface area contributed by atoms with Gasteiger partial charge in [-0.25, -0.2) is 0 Å². The van der Waals surface area contributed by atoms with Crippen molar-refractivity contribution in [3.05, 3.63) is 23.1 Å². The first kappa shape index (κ1) is 9.09. The van der Waals surface area contributed by atoms with Crippen LogP contribution >= 0.6 is 11.6 Å². The maximum absolute atomic E-state index is 10.3. The van der Waals surface area contributed by atoms with Crippen LogP contribution in [0, 0.1) is 0 Å². The van der Waals surface area contributed by atoms with Gasteiger partial charge in [-0.1, -0.05) is 0 Å². The predicted molar refractivity (Wildman–Crippen MR) is 43.0 cm³/mol. The number of carboxylic acid groups (broad SMARTS) is 1. The van der Waals surface area contributed by atoms with E-state index in [0.717, 1.165) is 0 Å². The molecule has 66 valence electrons. The Labute approximate surface area is 73.9 Å². The number of hydrogen-bond donors (Lipinski definition) is 2. The van der Waals surface area contributed by atoms with Crippen molar-refractivity contribution in [2.24, 2.45) is 5.73 Å². The second-order valence-corrected chi connectivity index (χ2v) is 2.73. The smallest absolute Gasteiger partial charge is 0.320 e. The van der Waals surface area contributed by atoms with Crippen molar-refractivity contribution >= 4 is 17.6 Å². The maximum atomic E-state index is 10.3. The first-order valence-electron chi connectivity index (χ1n) is 3.32. The van der Waals surface area contributed by atoms with Crippen LogP contribution in [-0.4, -0.2) is 17.1 Å². The van der Waals surface area contributed by atoms with Gasteiger partial charge in [0.2, 0.25) is 0 Å². The molecular formula is C7H8ClNO3. The first-order chi connectivity index (χ1) is 5.59. The van der Waals surface area contributed by atoms with E-state index in [0.29, 0.717) is 5.76 Å². The fourth-order valence-corrected chi connectivity index (χ4v) is 0.928. The van der Waals surface area contributed by atoms with Crippen molar-refractivity contribution in [2.45, 2.75) is 12.5 Å². The van der Waals surface area contributed by atoms with E-state index in [4.69, 9.17) is 26.9 Å². The molecule has 0 aliphatic heterocycles. The number of nitrogens with two attached hydrogens (primary N) is 1. The number of halogens is 1. The van der Waals surface area contributed by atoms with Gasteiger partial charge in [-0.05, 0) is 23.7 Å². The second-order valence-electron chi connectivity index (χ2n) is 2.35. The number of hydrogen-bond acceptors (Lipinski definition) is 3. The summed E-state index contributed by atoms with van der Waals surface area (Å²) in [5, 5.41) is 8.69. The van der Waals surface area contributed by atoms with Crippen molar-refractivity contribution in [3.8, 4) is 0 Å². The molecule has 0 bridgehead atoms. The van der Waals surface area contributed by atoms with E-state index in [9.17, 15) is 4.79 Å². The Hall–Kier alpha value is -1.00. The largest absolute Gasteiger partial charge is 0.480 e. The molecule has 0 saturated carbocycles. The van der Waals surface area contributed by atoms with Crippen LogP contribution < -0.4 is 5.73 Å².